The van der Waals surface area contributed by atoms with E-state index in [0.29, 0.717) is 0 Å². The molecular weight excluding hydrogens is 330 g/mol. The normalized spacial score (nSPS) is 11.6. The summed E-state index contributed by atoms with van der Waals surface area (Å²) >= 11 is 0. The summed E-state index contributed by atoms with van der Waals surface area (Å²) in [4.78, 5) is 0. The molecule has 166 valence electrons. The fourth-order valence-electron chi connectivity index (χ4n) is 4.08. The molecule has 0 unspecified atom stereocenters. The van der Waals surface area contributed by atoms with E-state index in [-0.39, 0.29) is 11.8 Å². The predicted molar refractivity (Wildman–Crippen MR) is 124 cm³/mol. The molecule has 4 N–H and O–H groups in total. The molecule has 0 saturated heterocycles. The summed E-state index contributed by atoms with van der Waals surface area (Å²) in [5, 5.41) is 11.2. The lowest BCUT2D eigenvalue weighted by Crippen LogP contribution is -2.28. The first-order chi connectivity index (χ1) is 12.7. The van der Waals surface area contributed by atoms with Crippen molar-refractivity contribution in [3.05, 3.63) is 0 Å². The van der Waals surface area contributed by atoms with E-state index in [4.69, 9.17) is 0 Å². The summed E-state index contributed by atoms with van der Waals surface area (Å²) in [5.74, 6) is 0. The van der Waals surface area contributed by atoms with Crippen LogP contribution in [-0.2, 0) is 0 Å². The minimum Gasteiger partial charge on any atom is -0.390 e. The van der Waals surface area contributed by atoms with Crippen molar-refractivity contribution in [3.8, 4) is 0 Å². The van der Waals surface area contributed by atoms with Crippen LogP contribution >= 0.6 is 0 Å². The molecule has 0 aliphatic heterocycles. The molecule has 0 aromatic rings. The SMILES string of the molecule is CCCCCCCCC(O)(CCCCCCCC)CCCCCCCC.N. The van der Waals surface area contributed by atoms with Crippen molar-refractivity contribution >= 4 is 0 Å². The Bertz CT molecular complexity index is 226. The van der Waals surface area contributed by atoms with Gasteiger partial charge >= 0.3 is 0 Å². The van der Waals surface area contributed by atoms with Gasteiger partial charge in [-0.3, -0.25) is 0 Å². The molecule has 0 saturated carbocycles. The van der Waals surface area contributed by atoms with Gasteiger partial charge in [0, 0.05) is 0 Å². The molecule has 0 aliphatic rings. The van der Waals surface area contributed by atoms with Crippen LogP contribution in [0.4, 0.5) is 0 Å². The van der Waals surface area contributed by atoms with Gasteiger partial charge in [0.15, 0.2) is 0 Å². The Hall–Kier alpha value is -0.0800. The molecule has 0 spiro atoms. The number of aliphatic hydroxyl groups is 1. The maximum absolute atomic E-state index is 11.2. The molecule has 0 rings (SSSR count). The predicted octanol–water partition coefficient (Wildman–Crippen LogP) is 9.13. The highest BCUT2D eigenvalue weighted by molar-refractivity contribution is 4.78. The zero-order valence-electron chi connectivity index (χ0n) is 19.5. The first-order valence-corrected chi connectivity index (χ1v) is 12.4. The summed E-state index contributed by atoms with van der Waals surface area (Å²) in [6.07, 6.45) is 27.1. The Morgan fingerprint density at radius 1 is 0.407 bits per heavy atom. The van der Waals surface area contributed by atoms with Crippen molar-refractivity contribution in [2.75, 3.05) is 0 Å². The van der Waals surface area contributed by atoms with Gasteiger partial charge in [0.1, 0.15) is 0 Å². The highest BCUT2D eigenvalue weighted by Crippen LogP contribution is 2.29. The molecule has 0 fully saturated rings. The van der Waals surface area contributed by atoms with Gasteiger partial charge in [-0.15, -0.1) is 0 Å². The number of unbranched alkanes of at least 4 members (excludes halogenated alkanes) is 15. The average Bonchev–Trinajstić information content (AvgIpc) is 2.64. The van der Waals surface area contributed by atoms with Crippen molar-refractivity contribution in [2.24, 2.45) is 0 Å². The van der Waals surface area contributed by atoms with E-state index in [1.165, 1.54) is 116 Å². The van der Waals surface area contributed by atoms with Crippen LogP contribution in [0, 0.1) is 0 Å². The standard InChI is InChI=1S/C25H52O.H3N/c1-4-7-10-13-16-19-22-25(26,23-20-17-14-11-8-5-2)24-21-18-15-12-9-6-3;/h26H,4-24H2,1-3H3;1H3. The van der Waals surface area contributed by atoms with Gasteiger partial charge in [-0.05, 0) is 19.3 Å². The minimum atomic E-state index is -0.361. The molecule has 0 radical (unpaired) electrons. The summed E-state index contributed by atoms with van der Waals surface area (Å²) < 4.78 is 0. The highest BCUT2D eigenvalue weighted by Gasteiger charge is 2.25. The second-order valence-corrected chi connectivity index (χ2v) is 8.78. The van der Waals surface area contributed by atoms with Crippen molar-refractivity contribution < 1.29 is 5.11 Å². The van der Waals surface area contributed by atoms with E-state index in [1.54, 1.807) is 0 Å². The van der Waals surface area contributed by atoms with Crippen LogP contribution in [0.2, 0.25) is 0 Å². The molecule has 0 atom stereocenters. The third-order valence-corrected chi connectivity index (χ3v) is 5.99. The zero-order valence-corrected chi connectivity index (χ0v) is 19.5. The van der Waals surface area contributed by atoms with E-state index in [9.17, 15) is 5.11 Å². The van der Waals surface area contributed by atoms with Gasteiger partial charge in [-0.1, -0.05) is 136 Å². The molecule has 2 heteroatoms. The molecule has 0 heterocycles. The van der Waals surface area contributed by atoms with Crippen LogP contribution in [0.15, 0.2) is 0 Å². The monoisotopic (exact) mass is 385 g/mol. The van der Waals surface area contributed by atoms with Gasteiger partial charge in [-0.25, -0.2) is 0 Å². The molecule has 0 aliphatic carbocycles. The first kappa shape index (κ1) is 29.1. The van der Waals surface area contributed by atoms with Gasteiger partial charge in [0.05, 0.1) is 5.60 Å². The van der Waals surface area contributed by atoms with Crippen LogP contribution in [0.1, 0.15) is 156 Å². The smallest absolute Gasteiger partial charge is 0.0647 e. The van der Waals surface area contributed by atoms with E-state index in [2.05, 4.69) is 20.8 Å². The lowest BCUT2D eigenvalue weighted by atomic mass is 9.85. The third kappa shape index (κ3) is 20.5. The first-order valence-electron chi connectivity index (χ1n) is 12.4. The maximum atomic E-state index is 11.2. The van der Waals surface area contributed by atoms with Crippen molar-refractivity contribution in [1.82, 2.24) is 6.15 Å². The van der Waals surface area contributed by atoms with Crippen LogP contribution in [0.3, 0.4) is 0 Å². The maximum Gasteiger partial charge on any atom is 0.0647 e. The van der Waals surface area contributed by atoms with E-state index in [1.807, 2.05) is 0 Å². The van der Waals surface area contributed by atoms with Crippen LogP contribution < -0.4 is 6.15 Å². The molecule has 0 bridgehead atoms. The molecule has 0 aromatic heterocycles. The topological polar surface area (TPSA) is 55.2 Å². The largest absolute Gasteiger partial charge is 0.390 e. The Morgan fingerprint density at radius 2 is 0.630 bits per heavy atom. The average molecular weight is 386 g/mol. The van der Waals surface area contributed by atoms with Crippen molar-refractivity contribution in [1.29, 1.82) is 0 Å². The summed E-state index contributed by atoms with van der Waals surface area (Å²) in [7, 11) is 0. The molecule has 0 aromatic carbocycles. The second-order valence-electron chi connectivity index (χ2n) is 8.78. The van der Waals surface area contributed by atoms with Gasteiger partial charge in [0.2, 0.25) is 0 Å². The molecule has 2 nitrogen and oxygen atoms in total. The zero-order chi connectivity index (χ0) is 19.3. The lowest BCUT2D eigenvalue weighted by Gasteiger charge is -2.29. The van der Waals surface area contributed by atoms with Crippen LogP contribution in [0.5, 0.6) is 0 Å². The highest BCUT2D eigenvalue weighted by atomic mass is 16.3. The van der Waals surface area contributed by atoms with Gasteiger partial charge in [-0.2, -0.15) is 0 Å². The fourth-order valence-corrected chi connectivity index (χ4v) is 4.08. The fraction of sp³-hybridized carbons (Fsp3) is 1.00. The number of hydrogen-bond donors (Lipinski definition) is 2. The van der Waals surface area contributed by atoms with E-state index < -0.39 is 0 Å². The summed E-state index contributed by atoms with van der Waals surface area (Å²) in [6, 6.07) is 0. The van der Waals surface area contributed by atoms with Crippen LogP contribution in [0.25, 0.3) is 0 Å². The Balaban J connectivity index is 0. The second kappa shape index (κ2) is 22.2. The van der Waals surface area contributed by atoms with E-state index in [0.717, 1.165) is 19.3 Å². The minimum absolute atomic E-state index is 0. The summed E-state index contributed by atoms with van der Waals surface area (Å²) in [5.41, 5.74) is -0.361. The third-order valence-electron chi connectivity index (χ3n) is 5.99. The lowest BCUT2D eigenvalue weighted by molar-refractivity contribution is 0.00705. The molecule has 27 heavy (non-hydrogen) atoms. The Kier molecular flexibility index (Phi) is 24.0. The number of hydrogen-bond acceptors (Lipinski definition) is 2. The van der Waals surface area contributed by atoms with Crippen molar-refractivity contribution in [2.45, 2.75) is 161 Å². The van der Waals surface area contributed by atoms with E-state index >= 15 is 0 Å². The summed E-state index contributed by atoms with van der Waals surface area (Å²) in [6.45, 7) is 6.83. The molecular formula is C25H55NO. The van der Waals surface area contributed by atoms with Crippen molar-refractivity contribution in [3.63, 3.8) is 0 Å². The molecule has 0 amide bonds. The van der Waals surface area contributed by atoms with Crippen LogP contribution in [-0.4, -0.2) is 10.7 Å². The number of rotatable bonds is 21. The Morgan fingerprint density at radius 3 is 0.889 bits per heavy atom. The van der Waals surface area contributed by atoms with Gasteiger partial charge in [0.25, 0.3) is 0 Å². The quantitative estimate of drug-likeness (QED) is 0.193. The Labute approximate surface area is 172 Å². The van der Waals surface area contributed by atoms with Gasteiger partial charge < -0.3 is 11.3 Å².